The van der Waals surface area contributed by atoms with Crippen molar-refractivity contribution in [1.29, 1.82) is 0 Å². The van der Waals surface area contributed by atoms with Crippen LogP contribution in [-0.4, -0.2) is 56.0 Å². The fourth-order valence-electron chi connectivity index (χ4n) is 1.81. The maximum Gasteiger partial charge on any atom is 0.253 e. The Kier molecular flexibility index (Phi) is 6.96. The van der Waals surface area contributed by atoms with E-state index in [0.717, 1.165) is 24.4 Å². The largest absolute Gasteiger partial charge is 0.489 e. The number of carbonyl (C=O) groups excluding carboxylic acids is 1. The summed E-state index contributed by atoms with van der Waals surface area (Å²) in [5.74, 6) is 0.816. The Morgan fingerprint density at radius 1 is 1.19 bits per heavy atom. The van der Waals surface area contributed by atoms with E-state index in [1.165, 1.54) is 0 Å². The molecule has 1 aromatic rings. The summed E-state index contributed by atoms with van der Waals surface area (Å²) >= 11 is 0. The molecular weight excluding hydrogens is 264 g/mol. The van der Waals surface area contributed by atoms with Gasteiger partial charge in [-0.3, -0.25) is 4.79 Å². The van der Waals surface area contributed by atoms with Crippen LogP contribution in [0.1, 0.15) is 24.2 Å². The average molecular weight is 290 g/mol. The van der Waals surface area contributed by atoms with E-state index >= 15 is 0 Å². The Morgan fingerprint density at radius 2 is 1.81 bits per heavy atom. The number of rotatable bonds is 8. The number of hydrogen-bond acceptors (Lipinski definition) is 3. The summed E-state index contributed by atoms with van der Waals surface area (Å²) in [5.41, 5.74) is 1.66. The van der Waals surface area contributed by atoms with Gasteiger partial charge in [0, 0.05) is 25.2 Å². The van der Waals surface area contributed by atoms with Crippen molar-refractivity contribution in [2.45, 2.75) is 13.8 Å². The van der Waals surface area contributed by atoms with E-state index in [0.29, 0.717) is 18.7 Å². The van der Waals surface area contributed by atoms with Gasteiger partial charge in [0.15, 0.2) is 0 Å². The van der Waals surface area contributed by atoms with Crippen LogP contribution in [0.5, 0.6) is 5.75 Å². The number of carbonyl (C=O) groups is 1. The number of ether oxygens (including phenoxy) is 1. The van der Waals surface area contributed by atoms with Crippen LogP contribution in [0.3, 0.4) is 0 Å². The van der Waals surface area contributed by atoms with Crippen LogP contribution in [0, 0.1) is 0 Å². The first-order valence-corrected chi connectivity index (χ1v) is 7.25. The molecule has 116 valence electrons. The van der Waals surface area contributed by atoms with Crippen molar-refractivity contribution in [3.63, 3.8) is 0 Å². The van der Waals surface area contributed by atoms with E-state index in [-0.39, 0.29) is 5.91 Å². The number of likely N-dealkylation sites (N-methyl/N-ethyl adjacent to an activating group) is 2. The minimum Gasteiger partial charge on any atom is -0.489 e. The Bertz CT molecular complexity index is 466. The van der Waals surface area contributed by atoms with E-state index in [1.807, 2.05) is 57.1 Å². The van der Waals surface area contributed by atoms with Gasteiger partial charge in [-0.25, -0.2) is 0 Å². The van der Waals surface area contributed by atoms with E-state index in [2.05, 4.69) is 11.5 Å². The van der Waals surface area contributed by atoms with E-state index in [9.17, 15) is 4.79 Å². The Hall–Kier alpha value is -1.81. The molecule has 0 spiro atoms. The Balaban J connectivity index is 2.66. The first kappa shape index (κ1) is 17.2. The molecule has 0 aromatic heterocycles. The zero-order valence-corrected chi connectivity index (χ0v) is 13.6. The lowest BCUT2D eigenvalue weighted by molar-refractivity contribution is 0.0754. The van der Waals surface area contributed by atoms with Crippen molar-refractivity contribution in [1.82, 2.24) is 9.80 Å². The van der Waals surface area contributed by atoms with Crippen LogP contribution in [0.4, 0.5) is 0 Å². The quantitative estimate of drug-likeness (QED) is 0.690. The molecule has 0 unspecified atom stereocenters. The molecule has 0 aliphatic heterocycles. The van der Waals surface area contributed by atoms with Crippen LogP contribution >= 0.6 is 0 Å². The molecule has 0 radical (unpaired) electrons. The van der Waals surface area contributed by atoms with Crippen LogP contribution < -0.4 is 4.74 Å². The third-order valence-electron chi connectivity index (χ3n) is 3.07. The zero-order chi connectivity index (χ0) is 15.8. The molecule has 0 saturated heterocycles. The SMILES string of the molecule is C=C(C)COc1ccc(C(=O)N(CC)CCN(C)C)cc1. The molecule has 1 aromatic carbocycles. The van der Waals surface area contributed by atoms with Crippen LogP contribution in [0.2, 0.25) is 0 Å². The zero-order valence-electron chi connectivity index (χ0n) is 13.6. The van der Waals surface area contributed by atoms with Crippen LogP contribution in [-0.2, 0) is 0 Å². The molecule has 0 atom stereocenters. The second-order valence-electron chi connectivity index (χ2n) is 5.46. The third kappa shape index (κ3) is 6.00. The lowest BCUT2D eigenvalue weighted by Crippen LogP contribution is -2.36. The van der Waals surface area contributed by atoms with E-state index < -0.39 is 0 Å². The van der Waals surface area contributed by atoms with Crippen molar-refractivity contribution < 1.29 is 9.53 Å². The van der Waals surface area contributed by atoms with Gasteiger partial charge < -0.3 is 14.5 Å². The molecule has 0 N–H and O–H groups in total. The second kappa shape index (κ2) is 8.47. The average Bonchev–Trinajstić information content (AvgIpc) is 2.45. The van der Waals surface area contributed by atoms with Gasteiger partial charge in [-0.15, -0.1) is 0 Å². The van der Waals surface area contributed by atoms with Gasteiger partial charge in [0.05, 0.1) is 0 Å². The van der Waals surface area contributed by atoms with Gasteiger partial charge in [0.1, 0.15) is 12.4 Å². The summed E-state index contributed by atoms with van der Waals surface area (Å²) in [6.07, 6.45) is 0. The first-order chi connectivity index (χ1) is 9.93. The summed E-state index contributed by atoms with van der Waals surface area (Å²) in [7, 11) is 4.01. The molecule has 0 fully saturated rings. The fourth-order valence-corrected chi connectivity index (χ4v) is 1.81. The molecule has 0 heterocycles. The van der Waals surface area contributed by atoms with Gasteiger partial charge in [-0.2, -0.15) is 0 Å². The molecule has 0 aliphatic rings. The lowest BCUT2D eigenvalue weighted by Gasteiger charge is -2.23. The molecule has 0 bridgehead atoms. The van der Waals surface area contributed by atoms with Gasteiger partial charge in [0.25, 0.3) is 5.91 Å². The maximum absolute atomic E-state index is 12.4. The van der Waals surface area contributed by atoms with Crippen LogP contribution in [0.25, 0.3) is 0 Å². The smallest absolute Gasteiger partial charge is 0.253 e. The monoisotopic (exact) mass is 290 g/mol. The molecule has 4 nitrogen and oxygen atoms in total. The number of benzene rings is 1. The highest BCUT2D eigenvalue weighted by molar-refractivity contribution is 5.94. The van der Waals surface area contributed by atoms with Crippen molar-refractivity contribution in [3.8, 4) is 5.75 Å². The fraction of sp³-hybridized carbons (Fsp3) is 0.471. The molecule has 4 heteroatoms. The summed E-state index contributed by atoms with van der Waals surface area (Å²) in [6.45, 7) is 10.5. The van der Waals surface area contributed by atoms with Crippen molar-refractivity contribution in [2.75, 3.05) is 40.3 Å². The highest BCUT2D eigenvalue weighted by Crippen LogP contribution is 2.14. The highest BCUT2D eigenvalue weighted by Gasteiger charge is 2.14. The Morgan fingerprint density at radius 3 is 2.29 bits per heavy atom. The summed E-state index contributed by atoms with van der Waals surface area (Å²) in [6, 6.07) is 7.29. The summed E-state index contributed by atoms with van der Waals surface area (Å²) in [4.78, 5) is 16.3. The van der Waals surface area contributed by atoms with Crippen molar-refractivity contribution >= 4 is 5.91 Å². The normalized spacial score (nSPS) is 10.5. The number of hydrogen-bond donors (Lipinski definition) is 0. The predicted molar refractivity (Wildman–Crippen MR) is 86.9 cm³/mol. The minimum atomic E-state index is 0.0609. The topological polar surface area (TPSA) is 32.8 Å². The summed E-state index contributed by atoms with van der Waals surface area (Å²) < 4.78 is 5.54. The second-order valence-corrected chi connectivity index (χ2v) is 5.46. The first-order valence-electron chi connectivity index (χ1n) is 7.25. The van der Waals surface area contributed by atoms with Crippen molar-refractivity contribution in [3.05, 3.63) is 42.0 Å². The van der Waals surface area contributed by atoms with Gasteiger partial charge in [-0.05, 0) is 57.8 Å². The Labute approximate surface area is 128 Å². The molecule has 0 aliphatic carbocycles. The summed E-state index contributed by atoms with van der Waals surface area (Å²) in [5, 5.41) is 0. The molecule has 0 saturated carbocycles. The molecular formula is C17H26N2O2. The van der Waals surface area contributed by atoms with E-state index in [1.54, 1.807) is 0 Å². The highest BCUT2D eigenvalue weighted by atomic mass is 16.5. The van der Waals surface area contributed by atoms with E-state index in [4.69, 9.17) is 4.74 Å². The van der Waals surface area contributed by atoms with Crippen molar-refractivity contribution in [2.24, 2.45) is 0 Å². The van der Waals surface area contributed by atoms with Gasteiger partial charge >= 0.3 is 0 Å². The molecule has 1 amide bonds. The minimum absolute atomic E-state index is 0.0609. The third-order valence-corrected chi connectivity index (χ3v) is 3.07. The van der Waals surface area contributed by atoms with Gasteiger partial charge in [-0.1, -0.05) is 6.58 Å². The lowest BCUT2D eigenvalue weighted by atomic mass is 10.2. The molecule has 21 heavy (non-hydrogen) atoms. The van der Waals surface area contributed by atoms with Gasteiger partial charge in [0.2, 0.25) is 0 Å². The predicted octanol–water partition coefficient (Wildman–Crippen LogP) is 2.67. The number of amides is 1. The standard InChI is InChI=1S/C17H26N2O2/c1-6-19(12-11-18(4)5)17(20)15-7-9-16(10-8-15)21-13-14(2)3/h7-10H,2,6,11-13H2,1,3-5H3. The maximum atomic E-state index is 12.4. The van der Waals surface area contributed by atoms with Crippen LogP contribution in [0.15, 0.2) is 36.4 Å². The number of nitrogens with zero attached hydrogens (tertiary/aromatic N) is 2. The molecule has 1 rings (SSSR count).